The minimum Gasteiger partial charge on any atom is -0.456 e. The van der Waals surface area contributed by atoms with Crippen LogP contribution >= 0.6 is 0 Å². The van der Waals surface area contributed by atoms with Crippen LogP contribution in [-0.2, 0) is 0 Å². The van der Waals surface area contributed by atoms with Gasteiger partial charge >= 0.3 is 0 Å². The van der Waals surface area contributed by atoms with Gasteiger partial charge in [0.05, 0.1) is 0 Å². The molecule has 0 amide bonds. The number of hydrogen-bond donors (Lipinski definition) is 0. The van der Waals surface area contributed by atoms with Crippen LogP contribution in [0.3, 0.4) is 0 Å². The second-order valence-electron chi connectivity index (χ2n) is 12.9. The van der Waals surface area contributed by atoms with Crippen molar-refractivity contribution in [2.45, 2.75) is 0 Å². The van der Waals surface area contributed by atoms with Crippen molar-refractivity contribution < 1.29 is 4.42 Å². The first-order valence-corrected chi connectivity index (χ1v) is 17.1. The molecule has 0 bridgehead atoms. The monoisotopic (exact) mass is 651 g/mol. The molecule has 0 spiro atoms. The molecule has 0 fully saturated rings. The van der Waals surface area contributed by atoms with E-state index in [2.05, 4.69) is 158 Å². The molecule has 0 radical (unpaired) electrons. The first-order chi connectivity index (χ1) is 25.2. The van der Waals surface area contributed by atoms with Gasteiger partial charge in [-0.15, -0.1) is 0 Å². The Labute approximate surface area is 294 Å². The lowest BCUT2D eigenvalue weighted by atomic mass is 10.00. The van der Waals surface area contributed by atoms with Crippen LogP contribution in [0, 0.1) is 0 Å². The van der Waals surface area contributed by atoms with Gasteiger partial charge in [0.15, 0.2) is 17.5 Å². The molecule has 10 rings (SSSR count). The van der Waals surface area contributed by atoms with Crippen molar-refractivity contribution in [1.82, 2.24) is 15.0 Å². The molecule has 0 saturated heterocycles. The zero-order valence-corrected chi connectivity index (χ0v) is 27.5. The summed E-state index contributed by atoms with van der Waals surface area (Å²) in [5, 5.41) is 6.98. The second-order valence-corrected chi connectivity index (χ2v) is 12.9. The molecule has 4 nitrogen and oxygen atoms in total. The second kappa shape index (κ2) is 11.9. The maximum atomic E-state index is 6.10. The van der Waals surface area contributed by atoms with Gasteiger partial charge in [-0.25, -0.2) is 15.0 Å². The molecule has 2 aromatic heterocycles. The van der Waals surface area contributed by atoms with Gasteiger partial charge in [-0.1, -0.05) is 140 Å². The zero-order valence-electron chi connectivity index (χ0n) is 27.5. The summed E-state index contributed by atoms with van der Waals surface area (Å²) < 4.78 is 6.10. The highest BCUT2D eigenvalue weighted by atomic mass is 16.3. The van der Waals surface area contributed by atoms with E-state index in [1.54, 1.807) is 0 Å². The molecule has 0 unspecified atom stereocenters. The van der Waals surface area contributed by atoms with Crippen LogP contribution in [0.5, 0.6) is 0 Å². The van der Waals surface area contributed by atoms with Crippen LogP contribution in [-0.4, -0.2) is 15.0 Å². The molecule has 0 atom stereocenters. The Morgan fingerprint density at radius 2 is 0.745 bits per heavy atom. The van der Waals surface area contributed by atoms with E-state index in [1.807, 2.05) is 18.2 Å². The summed E-state index contributed by atoms with van der Waals surface area (Å²) in [5.41, 5.74) is 9.06. The van der Waals surface area contributed by atoms with Crippen molar-refractivity contribution in [3.05, 3.63) is 176 Å². The first kappa shape index (κ1) is 29.0. The molecule has 51 heavy (non-hydrogen) atoms. The quantitative estimate of drug-likeness (QED) is 0.186. The Bertz CT molecular complexity index is 2920. The number of para-hydroxylation sites is 1. The fourth-order valence-electron chi connectivity index (χ4n) is 7.02. The number of furan rings is 1. The molecule has 0 saturated carbocycles. The van der Waals surface area contributed by atoms with E-state index < -0.39 is 0 Å². The maximum Gasteiger partial charge on any atom is 0.164 e. The largest absolute Gasteiger partial charge is 0.456 e. The van der Waals surface area contributed by atoms with Crippen LogP contribution in [0.15, 0.2) is 180 Å². The predicted molar refractivity (Wildman–Crippen MR) is 209 cm³/mol. The molecule has 10 aromatic rings. The number of benzene rings is 8. The van der Waals surface area contributed by atoms with Gasteiger partial charge in [0.1, 0.15) is 11.2 Å². The third-order valence-corrected chi connectivity index (χ3v) is 9.70. The van der Waals surface area contributed by atoms with E-state index in [1.165, 1.54) is 21.7 Å². The predicted octanol–water partition coefficient (Wildman–Crippen LogP) is 12.4. The van der Waals surface area contributed by atoms with E-state index in [0.29, 0.717) is 17.5 Å². The van der Waals surface area contributed by atoms with Gasteiger partial charge in [0.25, 0.3) is 0 Å². The summed E-state index contributed by atoms with van der Waals surface area (Å²) in [6.45, 7) is 0. The van der Waals surface area contributed by atoms with E-state index in [-0.39, 0.29) is 0 Å². The van der Waals surface area contributed by atoms with E-state index in [0.717, 1.165) is 60.7 Å². The van der Waals surface area contributed by atoms with Crippen molar-refractivity contribution in [3.63, 3.8) is 0 Å². The molecular formula is C47H29N3O. The Hall–Kier alpha value is -6.91. The Morgan fingerprint density at radius 1 is 0.275 bits per heavy atom. The fraction of sp³-hybridized carbons (Fsp3) is 0. The van der Waals surface area contributed by atoms with Gasteiger partial charge in [0.2, 0.25) is 0 Å². The first-order valence-electron chi connectivity index (χ1n) is 17.1. The van der Waals surface area contributed by atoms with Crippen LogP contribution in [0.4, 0.5) is 0 Å². The highest BCUT2D eigenvalue weighted by Crippen LogP contribution is 2.35. The van der Waals surface area contributed by atoms with Crippen LogP contribution in [0.1, 0.15) is 0 Å². The number of hydrogen-bond acceptors (Lipinski definition) is 4. The zero-order chi connectivity index (χ0) is 33.7. The summed E-state index contributed by atoms with van der Waals surface area (Å²) in [5.74, 6) is 1.89. The summed E-state index contributed by atoms with van der Waals surface area (Å²) >= 11 is 0. The smallest absolute Gasteiger partial charge is 0.164 e. The molecule has 8 aromatic carbocycles. The number of nitrogens with zero attached hydrogens (tertiary/aromatic N) is 3. The molecule has 2 heterocycles. The Morgan fingerprint density at radius 3 is 1.49 bits per heavy atom. The molecule has 0 aliphatic rings. The number of rotatable bonds is 5. The van der Waals surface area contributed by atoms with Gasteiger partial charge < -0.3 is 4.42 Å². The normalized spacial score (nSPS) is 11.5. The fourth-order valence-corrected chi connectivity index (χ4v) is 7.02. The van der Waals surface area contributed by atoms with E-state index >= 15 is 0 Å². The number of aromatic nitrogens is 3. The van der Waals surface area contributed by atoms with Crippen molar-refractivity contribution in [1.29, 1.82) is 0 Å². The van der Waals surface area contributed by atoms with Gasteiger partial charge in [0, 0.05) is 27.5 Å². The number of fused-ring (bicyclic) bond motifs is 5. The van der Waals surface area contributed by atoms with Crippen molar-refractivity contribution in [2.24, 2.45) is 0 Å². The Balaban J connectivity index is 1.08. The third kappa shape index (κ3) is 5.31. The molecule has 0 aliphatic heterocycles. The molecule has 0 N–H and O–H groups in total. The van der Waals surface area contributed by atoms with E-state index in [4.69, 9.17) is 19.4 Å². The molecule has 4 heteroatoms. The van der Waals surface area contributed by atoms with Gasteiger partial charge in [-0.05, 0) is 80.2 Å². The topological polar surface area (TPSA) is 51.8 Å². The summed E-state index contributed by atoms with van der Waals surface area (Å²) in [6, 6.07) is 61.3. The van der Waals surface area contributed by atoms with Gasteiger partial charge in [-0.2, -0.15) is 0 Å². The average Bonchev–Trinajstić information content (AvgIpc) is 3.58. The lowest BCUT2D eigenvalue weighted by Gasteiger charge is -2.11. The third-order valence-electron chi connectivity index (χ3n) is 9.70. The molecule has 0 aliphatic carbocycles. The molecule has 238 valence electrons. The van der Waals surface area contributed by atoms with Crippen LogP contribution < -0.4 is 0 Å². The molecular weight excluding hydrogens is 623 g/mol. The SMILES string of the molecule is c1cc(-c2ccc3oc4ccccc4c3c2)cc(-c2nc(-c3ccc(-c4ccc5ccccc5c4)cc3)nc(-c3ccc4ccccc4c3)n2)c1. The average molecular weight is 652 g/mol. The van der Waals surface area contributed by atoms with Gasteiger partial charge in [-0.3, -0.25) is 0 Å². The van der Waals surface area contributed by atoms with Crippen LogP contribution in [0.2, 0.25) is 0 Å². The summed E-state index contributed by atoms with van der Waals surface area (Å²) in [4.78, 5) is 15.2. The lowest BCUT2D eigenvalue weighted by Crippen LogP contribution is -2.00. The Kier molecular flexibility index (Phi) is 6.78. The van der Waals surface area contributed by atoms with Crippen LogP contribution in [0.25, 0.3) is 99.9 Å². The summed E-state index contributed by atoms with van der Waals surface area (Å²) in [6.07, 6.45) is 0. The minimum absolute atomic E-state index is 0.624. The van der Waals surface area contributed by atoms with Crippen molar-refractivity contribution >= 4 is 43.5 Å². The summed E-state index contributed by atoms with van der Waals surface area (Å²) in [7, 11) is 0. The van der Waals surface area contributed by atoms with Crippen molar-refractivity contribution in [2.75, 3.05) is 0 Å². The highest BCUT2D eigenvalue weighted by molar-refractivity contribution is 6.06. The standard InChI is InChI=1S/C47H29N3O/c1-3-10-34-26-37(22-18-30(34)8-1)32-16-20-33(21-17-32)45-48-46(50-47(49-45)40-23-19-31-9-2-4-11-35(31)27-40)39-13-7-12-36(28-39)38-24-25-44-42(29-38)41-14-5-6-15-43(41)51-44/h1-29H. The van der Waals surface area contributed by atoms with Crippen molar-refractivity contribution in [3.8, 4) is 56.4 Å². The lowest BCUT2D eigenvalue weighted by molar-refractivity contribution is 0.669. The highest BCUT2D eigenvalue weighted by Gasteiger charge is 2.15. The van der Waals surface area contributed by atoms with E-state index in [9.17, 15) is 0 Å². The minimum atomic E-state index is 0.624. The maximum absolute atomic E-state index is 6.10.